The first kappa shape index (κ1) is 24.4. The second-order valence-corrected chi connectivity index (χ2v) is 8.82. The summed E-state index contributed by atoms with van der Waals surface area (Å²) in [5.41, 5.74) is 4.27. The molecule has 0 saturated heterocycles. The largest absolute Gasteiger partial charge is 0.272 e. The summed E-state index contributed by atoms with van der Waals surface area (Å²) in [7, 11) is 0. The predicted molar refractivity (Wildman–Crippen MR) is 136 cm³/mol. The SMILES string of the molecule is O=C(CSc1nnc(-c2cccc([N+](=O)[O-])c2)n1-c1ccccc1)N/N=C/c1ccc(Cl)cc1Cl. The highest BCUT2D eigenvalue weighted by molar-refractivity contribution is 7.99. The molecular formula is C23H16Cl2N6O3S. The molecule has 3 aromatic carbocycles. The van der Waals surface area contributed by atoms with Gasteiger partial charge in [0.25, 0.3) is 11.6 Å². The van der Waals surface area contributed by atoms with Crippen molar-refractivity contribution in [2.45, 2.75) is 5.16 Å². The van der Waals surface area contributed by atoms with Crippen molar-refractivity contribution in [3.8, 4) is 17.1 Å². The molecule has 1 heterocycles. The van der Waals surface area contributed by atoms with Gasteiger partial charge < -0.3 is 0 Å². The number of thioether (sulfide) groups is 1. The number of nitrogens with zero attached hydrogens (tertiary/aromatic N) is 5. The van der Waals surface area contributed by atoms with E-state index in [0.29, 0.717) is 32.2 Å². The third kappa shape index (κ3) is 6.04. The van der Waals surface area contributed by atoms with Crippen molar-refractivity contribution in [2.24, 2.45) is 5.10 Å². The van der Waals surface area contributed by atoms with E-state index in [0.717, 1.165) is 17.4 Å². The lowest BCUT2D eigenvalue weighted by Crippen LogP contribution is -2.20. The fourth-order valence-corrected chi connectivity index (χ4v) is 4.26. The van der Waals surface area contributed by atoms with Crippen molar-refractivity contribution >= 4 is 52.8 Å². The maximum Gasteiger partial charge on any atom is 0.270 e. The Balaban J connectivity index is 1.53. The van der Waals surface area contributed by atoms with Gasteiger partial charge in [-0.3, -0.25) is 19.5 Å². The molecule has 0 radical (unpaired) electrons. The molecule has 0 unspecified atom stereocenters. The highest BCUT2D eigenvalue weighted by atomic mass is 35.5. The van der Waals surface area contributed by atoms with E-state index in [2.05, 4.69) is 20.7 Å². The fraction of sp³-hybridized carbons (Fsp3) is 0.0435. The molecule has 0 bridgehead atoms. The monoisotopic (exact) mass is 526 g/mol. The van der Waals surface area contributed by atoms with Crippen molar-refractivity contribution < 1.29 is 9.72 Å². The summed E-state index contributed by atoms with van der Waals surface area (Å²) in [5, 5.41) is 25.0. The van der Waals surface area contributed by atoms with Crippen LogP contribution in [0.3, 0.4) is 0 Å². The number of carbonyl (C=O) groups is 1. The van der Waals surface area contributed by atoms with Crippen molar-refractivity contribution in [3.05, 3.63) is 98.5 Å². The maximum absolute atomic E-state index is 12.4. The van der Waals surface area contributed by atoms with E-state index in [4.69, 9.17) is 23.2 Å². The molecule has 0 aliphatic rings. The molecule has 0 atom stereocenters. The van der Waals surface area contributed by atoms with Crippen LogP contribution in [0.4, 0.5) is 5.69 Å². The van der Waals surface area contributed by atoms with Crippen LogP contribution in [0.2, 0.25) is 10.0 Å². The second-order valence-electron chi connectivity index (χ2n) is 7.03. The number of aromatic nitrogens is 3. The van der Waals surface area contributed by atoms with Gasteiger partial charge in [-0.05, 0) is 24.3 Å². The Morgan fingerprint density at radius 1 is 1.09 bits per heavy atom. The van der Waals surface area contributed by atoms with Gasteiger partial charge in [-0.25, -0.2) is 5.43 Å². The minimum absolute atomic E-state index is 0.00555. The van der Waals surface area contributed by atoms with Crippen molar-refractivity contribution in [3.63, 3.8) is 0 Å². The molecule has 35 heavy (non-hydrogen) atoms. The summed E-state index contributed by atoms with van der Waals surface area (Å²) in [4.78, 5) is 23.1. The number of amides is 1. The average Bonchev–Trinajstić information content (AvgIpc) is 3.29. The molecule has 0 aliphatic carbocycles. The molecule has 0 fully saturated rings. The predicted octanol–water partition coefficient (Wildman–Crippen LogP) is 5.39. The summed E-state index contributed by atoms with van der Waals surface area (Å²) < 4.78 is 1.74. The molecule has 0 spiro atoms. The topological polar surface area (TPSA) is 115 Å². The number of rotatable bonds is 8. The van der Waals surface area contributed by atoms with Crippen molar-refractivity contribution in [1.82, 2.24) is 20.2 Å². The van der Waals surface area contributed by atoms with Crippen molar-refractivity contribution in [2.75, 3.05) is 5.75 Å². The molecule has 1 aromatic heterocycles. The number of carbonyl (C=O) groups excluding carboxylic acids is 1. The summed E-state index contributed by atoms with van der Waals surface area (Å²) in [5.74, 6) is 0.0556. The molecule has 9 nitrogen and oxygen atoms in total. The Kier molecular flexibility index (Phi) is 7.76. The highest BCUT2D eigenvalue weighted by Crippen LogP contribution is 2.29. The molecule has 1 amide bonds. The number of non-ortho nitro benzene ring substituents is 1. The summed E-state index contributed by atoms with van der Waals surface area (Å²) in [6.45, 7) is 0. The zero-order valence-electron chi connectivity index (χ0n) is 17.8. The first-order chi connectivity index (χ1) is 16.9. The van der Waals surface area contributed by atoms with Gasteiger partial charge in [0.2, 0.25) is 0 Å². The average molecular weight is 527 g/mol. The van der Waals surface area contributed by atoms with Gasteiger partial charge in [-0.15, -0.1) is 10.2 Å². The first-order valence-electron chi connectivity index (χ1n) is 10.1. The number of nitrogens with one attached hydrogen (secondary N) is 1. The van der Waals surface area contributed by atoms with Gasteiger partial charge in [0.15, 0.2) is 11.0 Å². The van der Waals surface area contributed by atoms with Crippen LogP contribution in [0.15, 0.2) is 83.1 Å². The number of hydrogen-bond acceptors (Lipinski definition) is 7. The van der Waals surface area contributed by atoms with E-state index in [1.54, 1.807) is 34.9 Å². The number of para-hydroxylation sites is 1. The third-order valence-corrected chi connectivity index (χ3v) is 6.14. The van der Waals surface area contributed by atoms with E-state index < -0.39 is 4.92 Å². The number of hydrazone groups is 1. The van der Waals surface area contributed by atoms with Crippen LogP contribution in [-0.2, 0) is 4.79 Å². The van der Waals surface area contributed by atoms with Crippen LogP contribution in [0, 0.1) is 10.1 Å². The van der Waals surface area contributed by atoms with Crippen LogP contribution in [-0.4, -0.2) is 37.6 Å². The second kappa shape index (κ2) is 11.1. The lowest BCUT2D eigenvalue weighted by Gasteiger charge is -2.10. The van der Waals surface area contributed by atoms with Gasteiger partial charge in [-0.2, -0.15) is 5.10 Å². The number of benzene rings is 3. The standard InChI is InChI=1S/C23H16Cl2N6O3S/c24-17-10-9-16(20(25)12-17)13-26-27-21(32)14-35-23-29-28-22(30(23)18-6-2-1-3-7-18)15-5-4-8-19(11-15)31(33)34/h1-13H,14H2,(H,27,32)/b26-13+. The molecule has 176 valence electrons. The van der Waals surface area contributed by atoms with Crippen LogP contribution >= 0.6 is 35.0 Å². The van der Waals surface area contributed by atoms with E-state index in [9.17, 15) is 14.9 Å². The fourth-order valence-electron chi connectivity index (χ4n) is 3.06. The number of nitro benzene ring substituents is 1. The number of nitro groups is 1. The zero-order chi connectivity index (χ0) is 24.8. The molecular weight excluding hydrogens is 511 g/mol. The normalized spacial score (nSPS) is 11.0. The Bertz CT molecular complexity index is 1410. The van der Waals surface area contributed by atoms with Gasteiger partial charge >= 0.3 is 0 Å². The summed E-state index contributed by atoms with van der Waals surface area (Å²) >= 11 is 13.1. The minimum Gasteiger partial charge on any atom is -0.272 e. The molecule has 0 aliphatic heterocycles. The highest BCUT2D eigenvalue weighted by Gasteiger charge is 2.19. The third-order valence-electron chi connectivity index (χ3n) is 4.65. The molecule has 12 heteroatoms. The minimum atomic E-state index is -0.468. The molecule has 4 rings (SSSR count). The van der Waals surface area contributed by atoms with Gasteiger partial charge in [0, 0.05) is 34.0 Å². The summed E-state index contributed by atoms with van der Waals surface area (Å²) in [6, 6.07) is 20.4. The maximum atomic E-state index is 12.4. The number of halogens is 2. The Labute approximate surface area is 213 Å². The Morgan fingerprint density at radius 2 is 1.89 bits per heavy atom. The van der Waals surface area contributed by atoms with Crippen LogP contribution in [0.5, 0.6) is 0 Å². The number of hydrogen-bond donors (Lipinski definition) is 1. The van der Waals surface area contributed by atoms with E-state index in [1.807, 2.05) is 30.3 Å². The van der Waals surface area contributed by atoms with E-state index in [-0.39, 0.29) is 17.3 Å². The van der Waals surface area contributed by atoms with Gasteiger partial charge in [0.05, 0.1) is 21.9 Å². The molecule has 4 aromatic rings. The molecule has 1 N–H and O–H groups in total. The van der Waals surface area contributed by atoms with Crippen LogP contribution in [0.25, 0.3) is 17.1 Å². The zero-order valence-corrected chi connectivity index (χ0v) is 20.2. The first-order valence-corrected chi connectivity index (χ1v) is 11.8. The quantitative estimate of drug-likeness (QED) is 0.142. The van der Waals surface area contributed by atoms with E-state index in [1.165, 1.54) is 18.3 Å². The van der Waals surface area contributed by atoms with Gasteiger partial charge in [-0.1, -0.05) is 71.4 Å². The van der Waals surface area contributed by atoms with E-state index >= 15 is 0 Å². The van der Waals surface area contributed by atoms with Crippen LogP contribution in [0.1, 0.15) is 5.56 Å². The smallest absolute Gasteiger partial charge is 0.270 e. The van der Waals surface area contributed by atoms with Crippen LogP contribution < -0.4 is 5.43 Å². The van der Waals surface area contributed by atoms with Crippen molar-refractivity contribution in [1.29, 1.82) is 0 Å². The molecule has 0 saturated carbocycles. The summed E-state index contributed by atoms with van der Waals surface area (Å²) in [6.07, 6.45) is 1.42. The lowest BCUT2D eigenvalue weighted by atomic mass is 10.2. The van der Waals surface area contributed by atoms with Gasteiger partial charge in [0.1, 0.15) is 0 Å². The Morgan fingerprint density at radius 3 is 2.63 bits per heavy atom. The Hall–Kier alpha value is -3.73. The lowest BCUT2D eigenvalue weighted by molar-refractivity contribution is -0.384.